The van der Waals surface area contributed by atoms with Crippen molar-refractivity contribution >= 4 is 88.7 Å². The Morgan fingerprint density at radius 3 is 1.47 bits per heavy atom. The standard InChI is InChI=1S/C66H79BN2S/c1-38-30-40(60(3,4)5)20-24-51(38)68-53-37-48-46(64(14,15)27-29-66(48,18)19)35-50(53)67-49-23-22-43-44-32-41(61(6,7)8)21-25-56(44)70-59(43)58(49)69(55-34-42(62(9,10)11)33-54(68)57(55)67)52-36-47-45(31-39(52)2)63(12,13)26-28-65(47,16)17/h20-25,30-37H,26-29H2,1-19H3. The van der Waals surface area contributed by atoms with Gasteiger partial charge in [-0.25, -0.2) is 0 Å². The molecule has 6 aromatic carbocycles. The molecule has 0 bridgehead atoms. The van der Waals surface area contributed by atoms with Crippen molar-refractivity contribution < 1.29 is 0 Å². The predicted octanol–water partition coefficient (Wildman–Crippen LogP) is 17.3. The molecule has 0 amide bonds. The molecule has 362 valence electrons. The Hall–Kier alpha value is -4.80. The van der Waals surface area contributed by atoms with Gasteiger partial charge in [0.2, 0.25) is 0 Å². The Kier molecular flexibility index (Phi) is 10.1. The van der Waals surface area contributed by atoms with Crippen LogP contribution >= 0.6 is 11.3 Å². The molecule has 4 heteroatoms. The zero-order valence-electron chi connectivity index (χ0n) is 46.3. The first-order chi connectivity index (χ1) is 32.4. The van der Waals surface area contributed by atoms with E-state index in [0.717, 1.165) is 0 Å². The van der Waals surface area contributed by atoms with Gasteiger partial charge in [0.05, 0.1) is 10.4 Å². The highest BCUT2D eigenvalue weighted by atomic mass is 32.1. The predicted molar refractivity (Wildman–Crippen MR) is 309 cm³/mol. The van der Waals surface area contributed by atoms with Crippen LogP contribution in [-0.2, 0) is 37.9 Å². The zero-order chi connectivity index (χ0) is 50.4. The third-order valence-electron chi connectivity index (χ3n) is 18.1. The van der Waals surface area contributed by atoms with Crippen LogP contribution in [0.25, 0.3) is 20.2 Å². The summed E-state index contributed by atoms with van der Waals surface area (Å²) in [6, 6.07) is 35.5. The molecule has 0 saturated carbocycles. The van der Waals surface area contributed by atoms with Gasteiger partial charge in [0.15, 0.2) is 0 Å². The lowest BCUT2D eigenvalue weighted by atomic mass is 9.33. The van der Waals surface area contributed by atoms with Crippen LogP contribution in [0.3, 0.4) is 0 Å². The quantitative estimate of drug-likeness (QED) is 0.159. The van der Waals surface area contributed by atoms with Crippen molar-refractivity contribution in [3.63, 3.8) is 0 Å². The highest BCUT2D eigenvalue weighted by molar-refractivity contribution is 7.26. The fraction of sp³-hybridized carbons (Fsp3) is 0.455. The van der Waals surface area contributed by atoms with Crippen LogP contribution in [0.2, 0.25) is 0 Å². The number of anilines is 6. The van der Waals surface area contributed by atoms with Gasteiger partial charge in [0.25, 0.3) is 6.71 Å². The summed E-state index contributed by atoms with van der Waals surface area (Å²) in [4.78, 5) is 5.51. The molecule has 1 aromatic heterocycles. The molecule has 4 aliphatic rings. The molecule has 11 rings (SSSR count). The minimum Gasteiger partial charge on any atom is -0.311 e. The molecular weight excluding hydrogens is 864 g/mol. The summed E-state index contributed by atoms with van der Waals surface area (Å²) in [6.45, 7) is 46.0. The number of benzene rings is 6. The second-order valence-corrected chi connectivity index (χ2v) is 29.2. The molecule has 0 fully saturated rings. The average molecular weight is 943 g/mol. The number of nitrogens with zero attached hydrogens (tertiary/aromatic N) is 2. The van der Waals surface area contributed by atoms with Crippen molar-refractivity contribution in [1.82, 2.24) is 0 Å². The SMILES string of the molecule is Cc1cc(C(C)(C)C)ccc1N1c2cc3c(cc2B2c4ccc5c(sc6ccc(C(C)(C)C)cc65)c4N(c4cc5c(cc4C)C(C)(C)CCC5(C)C)c4cc(C(C)(C)C)cc1c42)C(C)(C)CCC3(C)C. The van der Waals surface area contributed by atoms with Crippen molar-refractivity contribution in [3.8, 4) is 0 Å². The molecule has 0 radical (unpaired) electrons. The van der Waals surface area contributed by atoms with E-state index in [4.69, 9.17) is 0 Å². The summed E-state index contributed by atoms with van der Waals surface area (Å²) in [5.41, 5.74) is 25.3. The van der Waals surface area contributed by atoms with Gasteiger partial charge in [-0.3, -0.25) is 0 Å². The van der Waals surface area contributed by atoms with Crippen LogP contribution < -0.4 is 26.2 Å². The molecule has 70 heavy (non-hydrogen) atoms. The second kappa shape index (κ2) is 14.9. The molecule has 2 aliphatic heterocycles. The van der Waals surface area contributed by atoms with Crippen LogP contribution in [-0.4, -0.2) is 6.71 Å². The van der Waals surface area contributed by atoms with Gasteiger partial charge in [-0.2, -0.15) is 0 Å². The van der Waals surface area contributed by atoms with Crippen molar-refractivity contribution in [1.29, 1.82) is 0 Å². The van der Waals surface area contributed by atoms with Crippen LogP contribution in [0.1, 0.15) is 193 Å². The first-order valence-electron chi connectivity index (χ1n) is 26.6. The van der Waals surface area contributed by atoms with Crippen molar-refractivity contribution in [2.45, 2.75) is 195 Å². The molecule has 2 aliphatic carbocycles. The lowest BCUT2D eigenvalue weighted by Crippen LogP contribution is -2.62. The van der Waals surface area contributed by atoms with Gasteiger partial charge in [0, 0.05) is 43.9 Å². The van der Waals surface area contributed by atoms with Gasteiger partial charge in [-0.15, -0.1) is 11.3 Å². The van der Waals surface area contributed by atoms with E-state index in [0.29, 0.717) is 0 Å². The third kappa shape index (κ3) is 7.05. The van der Waals surface area contributed by atoms with E-state index >= 15 is 0 Å². The van der Waals surface area contributed by atoms with E-state index in [-0.39, 0.29) is 44.6 Å². The summed E-state index contributed by atoms with van der Waals surface area (Å²) in [7, 11) is 0. The minimum atomic E-state index is -0.115. The zero-order valence-corrected chi connectivity index (χ0v) is 47.1. The minimum absolute atomic E-state index is 0.0323. The second-order valence-electron chi connectivity index (χ2n) is 28.2. The summed E-state index contributed by atoms with van der Waals surface area (Å²) in [5.74, 6) is 0. The highest BCUT2D eigenvalue weighted by Gasteiger charge is 2.48. The monoisotopic (exact) mass is 943 g/mol. The Morgan fingerprint density at radius 1 is 0.429 bits per heavy atom. The summed E-state index contributed by atoms with van der Waals surface area (Å²) < 4.78 is 2.75. The van der Waals surface area contributed by atoms with E-state index in [1.54, 1.807) is 0 Å². The number of hydrogen-bond acceptors (Lipinski definition) is 3. The van der Waals surface area contributed by atoms with E-state index in [1.165, 1.54) is 146 Å². The Morgan fingerprint density at radius 2 is 0.914 bits per heavy atom. The van der Waals surface area contributed by atoms with E-state index in [1.807, 2.05) is 11.3 Å². The summed E-state index contributed by atoms with van der Waals surface area (Å²) in [6.07, 6.45) is 4.73. The number of thiophene rings is 1. The lowest BCUT2D eigenvalue weighted by Gasteiger charge is -2.48. The average Bonchev–Trinajstić information content (AvgIpc) is 3.64. The molecule has 0 N–H and O–H groups in total. The molecule has 2 nitrogen and oxygen atoms in total. The lowest BCUT2D eigenvalue weighted by molar-refractivity contribution is 0.332. The normalized spacial score (nSPS) is 18.6. The van der Waals surface area contributed by atoms with Crippen molar-refractivity contribution in [2.75, 3.05) is 9.80 Å². The Balaban J connectivity index is 1.32. The molecule has 7 aromatic rings. The number of fused-ring (bicyclic) bond motifs is 10. The van der Waals surface area contributed by atoms with Gasteiger partial charge < -0.3 is 9.80 Å². The summed E-state index contributed by atoms with van der Waals surface area (Å²) >= 11 is 2.00. The van der Waals surface area contributed by atoms with Gasteiger partial charge in [-0.05, 0) is 186 Å². The van der Waals surface area contributed by atoms with Crippen molar-refractivity contribution in [3.05, 3.63) is 135 Å². The molecule has 0 unspecified atom stereocenters. The van der Waals surface area contributed by atoms with Crippen LogP contribution in [0, 0.1) is 13.8 Å². The number of aryl methyl sites for hydroxylation is 2. The van der Waals surface area contributed by atoms with Gasteiger partial charge in [-0.1, -0.05) is 160 Å². The molecule has 0 spiro atoms. The first kappa shape index (κ1) is 47.5. The molecular formula is C66H79BN2S. The van der Waals surface area contributed by atoms with E-state index in [2.05, 4.69) is 226 Å². The topological polar surface area (TPSA) is 6.48 Å². The van der Waals surface area contributed by atoms with E-state index in [9.17, 15) is 0 Å². The third-order valence-corrected chi connectivity index (χ3v) is 19.3. The van der Waals surface area contributed by atoms with Gasteiger partial charge >= 0.3 is 0 Å². The first-order valence-corrected chi connectivity index (χ1v) is 27.4. The fourth-order valence-electron chi connectivity index (χ4n) is 13.1. The fourth-order valence-corrected chi connectivity index (χ4v) is 14.3. The summed E-state index contributed by atoms with van der Waals surface area (Å²) in [5, 5.41) is 2.74. The maximum absolute atomic E-state index is 2.79. The smallest absolute Gasteiger partial charge is 0.252 e. The van der Waals surface area contributed by atoms with E-state index < -0.39 is 0 Å². The highest BCUT2D eigenvalue weighted by Crippen LogP contribution is 2.55. The number of rotatable bonds is 2. The van der Waals surface area contributed by atoms with Crippen molar-refractivity contribution in [2.24, 2.45) is 0 Å². The Labute approximate surface area is 426 Å². The largest absolute Gasteiger partial charge is 0.311 e. The maximum Gasteiger partial charge on any atom is 0.252 e. The Bertz CT molecular complexity index is 3370. The van der Waals surface area contributed by atoms with Crippen LogP contribution in [0.4, 0.5) is 34.1 Å². The van der Waals surface area contributed by atoms with Crippen LogP contribution in [0.15, 0.2) is 84.9 Å². The number of hydrogen-bond donors (Lipinski definition) is 0. The van der Waals surface area contributed by atoms with Crippen LogP contribution in [0.5, 0.6) is 0 Å². The molecule has 3 heterocycles. The maximum atomic E-state index is 2.79. The molecule has 0 atom stereocenters. The van der Waals surface area contributed by atoms with Gasteiger partial charge in [0.1, 0.15) is 0 Å². The molecule has 0 saturated heterocycles.